The zero-order chi connectivity index (χ0) is 14.1. The highest BCUT2D eigenvalue weighted by Gasteiger charge is 2.08. The normalized spacial score (nSPS) is 8.84. The second-order valence-electron chi connectivity index (χ2n) is 3.43. The second-order valence-corrected chi connectivity index (χ2v) is 4.78. The van der Waals surface area contributed by atoms with E-state index < -0.39 is 0 Å². The molecule has 0 aliphatic heterocycles. The number of benzene rings is 1. The SMILES string of the molecule is COc1cc(C#CCBr)c(C#CCCBr)cc1OC. The van der Waals surface area contributed by atoms with Gasteiger partial charge in [0.1, 0.15) is 0 Å². The van der Waals surface area contributed by atoms with Gasteiger partial charge in [-0.05, 0) is 0 Å². The lowest BCUT2D eigenvalue weighted by atomic mass is 10.1. The van der Waals surface area contributed by atoms with Crippen LogP contribution in [0.3, 0.4) is 0 Å². The first-order valence-electron chi connectivity index (χ1n) is 5.62. The molecular formula is C15H14Br2O2. The maximum Gasteiger partial charge on any atom is 0.162 e. The number of alkyl halides is 2. The van der Waals surface area contributed by atoms with Crippen molar-refractivity contribution in [1.29, 1.82) is 0 Å². The first-order chi connectivity index (χ1) is 9.26. The summed E-state index contributed by atoms with van der Waals surface area (Å²) in [5.74, 6) is 13.6. The first-order valence-corrected chi connectivity index (χ1v) is 7.86. The fourth-order valence-electron chi connectivity index (χ4n) is 1.42. The van der Waals surface area contributed by atoms with Crippen LogP contribution in [0, 0.1) is 23.7 Å². The van der Waals surface area contributed by atoms with Crippen LogP contribution in [0.1, 0.15) is 17.5 Å². The summed E-state index contributed by atoms with van der Waals surface area (Å²) in [6.45, 7) is 0. The van der Waals surface area contributed by atoms with Gasteiger partial charge in [-0.1, -0.05) is 55.5 Å². The van der Waals surface area contributed by atoms with Crippen LogP contribution >= 0.6 is 31.9 Å². The Kier molecular flexibility index (Phi) is 7.48. The molecule has 0 heterocycles. The molecule has 0 atom stereocenters. The van der Waals surface area contributed by atoms with Gasteiger partial charge in [-0.15, -0.1) is 0 Å². The zero-order valence-electron chi connectivity index (χ0n) is 10.8. The Balaban J connectivity index is 3.28. The van der Waals surface area contributed by atoms with E-state index in [9.17, 15) is 0 Å². The summed E-state index contributed by atoms with van der Waals surface area (Å²) >= 11 is 6.64. The average Bonchev–Trinajstić information content (AvgIpc) is 2.45. The quantitative estimate of drug-likeness (QED) is 0.584. The molecule has 0 aliphatic rings. The Bertz CT molecular complexity index is 545. The molecule has 0 unspecified atom stereocenters. The highest BCUT2D eigenvalue weighted by molar-refractivity contribution is 9.09. The third kappa shape index (κ3) is 4.82. The lowest BCUT2D eigenvalue weighted by Crippen LogP contribution is -1.94. The van der Waals surface area contributed by atoms with Crippen LogP contribution in [0.4, 0.5) is 0 Å². The number of methoxy groups -OCH3 is 2. The van der Waals surface area contributed by atoms with Crippen LogP contribution in [0.5, 0.6) is 11.5 Å². The van der Waals surface area contributed by atoms with E-state index in [1.54, 1.807) is 14.2 Å². The number of ether oxygens (including phenoxy) is 2. The molecule has 4 heteroatoms. The zero-order valence-corrected chi connectivity index (χ0v) is 14.0. The largest absolute Gasteiger partial charge is 0.493 e. The lowest BCUT2D eigenvalue weighted by molar-refractivity contribution is 0.355. The molecule has 0 saturated carbocycles. The summed E-state index contributed by atoms with van der Waals surface area (Å²) in [4.78, 5) is 0. The standard InChI is InChI=1S/C15H14Br2O2/c1-18-14-10-12(6-3-4-8-16)13(7-5-9-17)11-15(14)19-2/h10-11H,4,8-9H2,1-2H3. The molecule has 0 aliphatic carbocycles. The number of halogens is 2. The maximum absolute atomic E-state index is 5.28. The van der Waals surface area contributed by atoms with E-state index in [0.29, 0.717) is 16.8 Å². The van der Waals surface area contributed by atoms with Crippen LogP contribution in [0.15, 0.2) is 12.1 Å². The van der Waals surface area contributed by atoms with E-state index in [4.69, 9.17) is 9.47 Å². The van der Waals surface area contributed by atoms with Crippen molar-refractivity contribution in [3.05, 3.63) is 23.3 Å². The van der Waals surface area contributed by atoms with E-state index in [1.165, 1.54) is 0 Å². The van der Waals surface area contributed by atoms with Crippen molar-refractivity contribution in [2.75, 3.05) is 24.9 Å². The molecule has 0 saturated heterocycles. The van der Waals surface area contributed by atoms with Crippen LogP contribution in [-0.4, -0.2) is 24.9 Å². The number of rotatable bonds is 3. The molecule has 0 fully saturated rings. The van der Waals surface area contributed by atoms with Gasteiger partial charge in [0.25, 0.3) is 0 Å². The molecule has 0 radical (unpaired) electrons. The van der Waals surface area contributed by atoms with Crippen molar-refractivity contribution in [3.8, 4) is 35.2 Å². The van der Waals surface area contributed by atoms with Crippen molar-refractivity contribution >= 4 is 31.9 Å². The Labute approximate surface area is 131 Å². The third-order valence-electron chi connectivity index (χ3n) is 2.26. The van der Waals surface area contributed by atoms with Gasteiger partial charge >= 0.3 is 0 Å². The highest BCUT2D eigenvalue weighted by atomic mass is 79.9. The van der Waals surface area contributed by atoms with E-state index in [1.807, 2.05) is 12.1 Å². The number of hydrogen-bond donors (Lipinski definition) is 0. The van der Waals surface area contributed by atoms with E-state index in [-0.39, 0.29) is 0 Å². The molecule has 19 heavy (non-hydrogen) atoms. The van der Waals surface area contributed by atoms with Gasteiger partial charge in [0.05, 0.1) is 19.5 Å². The summed E-state index contributed by atoms with van der Waals surface area (Å²) in [6.07, 6.45) is 0.791. The van der Waals surface area contributed by atoms with Gasteiger partial charge < -0.3 is 9.47 Å². The average molecular weight is 386 g/mol. The summed E-state index contributed by atoms with van der Waals surface area (Å²) in [6, 6.07) is 3.71. The van der Waals surface area contributed by atoms with E-state index in [0.717, 1.165) is 22.9 Å². The predicted molar refractivity (Wildman–Crippen MR) is 85.5 cm³/mol. The smallest absolute Gasteiger partial charge is 0.162 e. The summed E-state index contributed by atoms with van der Waals surface area (Å²) in [5, 5.41) is 1.48. The van der Waals surface area contributed by atoms with E-state index in [2.05, 4.69) is 55.5 Å². The van der Waals surface area contributed by atoms with Crippen LogP contribution in [0.25, 0.3) is 0 Å². The fraction of sp³-hybridized carbons (Fsp3) is 0.333. The molecule has 0 aromatic heterocycles. The van der Waals surface area contributed by atoms with Crippen molar-refractivity contribution in [2.24, 2.45) is 0 Å². The first kappa shape index (κ1) is 16.0. The molecule has 0 amide bonds. The van der Waals surface area contributed by atoms with Crippen molar-refractivity contribution in [1.82, 2.24) is 0 Å². The Morgan fingerprint density at radius 3 is 1.89 bits per heavy atom. The molecule has 0 bridgehead atoms. The Morgan fingerprint density at radius 1 is 0.947 bits per heavy atom. The third-order valence-corrected chi connectivity index (χ3v) is 2.93. The van der Waals surface area contributed by atoms with Gasteiger partial charge in [-0.3, -0.25) is 0 Å². The highest BCUT2D eigenvalue weighted by Crippen LogP contribution is 2.29. The van der Waals surface area contributed by atoms with Crippen LogP contribution in [-0.2, 0) is 0 Å². The minimum absolute atomic E-state index is 0.621. The summed E-state index contributed by atoms with van der Waals surface area (Å²) < 4.78 is 10.6. The molecule has 0 N–H and O–H groups in total. The van der Waals surface area contributed by atoms with Crippen LogP contribution in [0.2, 0.25) is 0 Å². The van der Waals surface area contributed by atoms with Crippen molar-refractivity contribution in [3.63, 3.8) is 0 Å². The van der Waals surface area contributed by atoms with Gasteiger partial charge in [0.2, 0.25) is 0 Å². The van der Waals surface area contributed by atoms with E-state index >= 15 is 0 Å². The maximum atomic E-state index is 5.28. The van der Waals surface area contributed by atoms with Gasteiger partial charge in [0.15, 0.2) is 11.5 Å². The van der Waals surface area contributed by atoms with Gasteiger partial charge in [-0.2, -0.15) is 0 Å². The minimum atomic E-state index is 0.621. The molecule has 1 aromatic rings. The molecule has 2 nitrogen and oxygen atoms in total. The van der Waals surface area contributed by atoms with Crippen LogP contribution < -0.4 is 9.47 Å². The Hall–Kier alpha value is -1.10. The molecule has 0 spiro atoms. The topological polar surface area (TPSA) is 18.5 Å². The van der Waals surface area contributed by atoms with Gasteiger partial charge in [-0.25, -0.2) is 0 Å². The van der Waals surface area contributed by atoms with Crippen molar-refractivity contribution in [2.45, 2.75) is 6.42 Å². The molecule has 100 valence electrons. The van der Waals surface area contributed by atoms with Crippen molar-refractivity contribution < 1.29 is 9.47 Å². The predicted octanol–water partition coefficient (Wildman–Crippen LogP) is 3.59. The Morgan fingerprint density at radius 2 is 1.47 bits per heavy atom. The van der Waals surface area contributed by atoms with Gasteiger partial charge in [0, 0.05) is 35.0 Å². The molecule has 1 rings (SSSR count). The minimum Gasteiger partial charge on any atom is -0.493 e. The summed E-state index contributed by atoms with van der Waals surface area (Å²) in [7, 11) is 3.22. The second kappa shape index (κ2) is 8.91. The number of hydrogen-bond acceptors (Lipinski definition) is 2. The lowest BCUT2D eigenvalue weighted by Gasteiger charge is -2.09. The molecular weight excluding hydrogens is 372 g/mol. The monoisotopic (exact) mass is 384 g/mol. The fourth-order valence-corrected chi connectivity index (χ4v) is 1.76. The summed E-state index contributed by atoms with van der Waals surface area (Å²) in [5.41, 5.74) is 1.70. The molecule has 1 aromatic carbocycles.